The molecule has 0 amide bonds. The van der Waals surface area contributed by atoms with E-state index in [0.717, 1.165) is 49.1 Å². The molecule has 6 heteroatoms. The summed E-state index contributed by atoms with van der Waals surface area (Å²) in [6.07, 6.45) is 1.08. The molecule has 0 aliphatic carbocycles. The number of nitrogens with one attached hydrogen (secondary N) is 2. The molecule has 0 heterocycles. The van der Waals surface area contributed by atoms with Crippen molar-refractivity contribution >= 4 is 5.96 Å². The Bertz CT molecular complexity index is 489. The number of ether oxygens (including phenoxy) is 2. The van der Waals surface area contributed by atoms with Gasteiger partial charge in [-0.05, 0) is 51.7 Å². The molecule has 1 rings (SSSR count). The second kappa shape index (κ2) is 10.7. The molecule has 2 N–H and O–H groups in total. The van der Waals surface area contributed by atoms with Gasteiger partial charge in [-0.15, -0.1) is 0 Å². The topological polar surface area (TPSA) is 58.1 Å². The van der Waals surface area contributed by atoms with Gasteiger partial charge in [0.25, 0.3) is 0 Å². The van der Waals surface area contributed by atoms with Crippen molar-refractivity contribution in [1.29, 1.82) is 0 Å². The van der Waals surface area contributed by atoms with E-state index in [2.05, 4.69) is 41.5 Å². The lowest BCUT2D eigenvalue weighted by Crippen LogP contribution is -2.38. The number of hydrogen-bond acceptors (Lipinski definition) is 4. The molecule has 0 radical (unpaired) electrons. The number of rotatable bonds is 9. The summed E-state index contributed by atoms with van der Waals surface area (Å²) in [5.41, 5.74) is 1.08. The molecule has 0 atom stereocenters. The Morgan fingerprint density at radius 2 is 1.87 bits per heavy atom. The van der Waals surface area contributed by atoms with Crippen LogP contribution in [0.25, 0.3) is 0 Å². The minimum Gasteiger partial charge on any atom is -0.493 e. The highest BCUT2D eigenvalue weighted by Crippen LogP contribution is 2.27. The van der Waals surface area contributed by atoms with Gasteiger partial charge >= 0.3 is 0 Å². The Morgan fingerprint density at radius 1 is 1.13 bits per heavy atom. The number of aliphatic imine (C=N–C) groups is 1. The smallest absolute Gasteiger partial charge is 0.191 e. The molecule has 6 nitrogen and oxygen atoms in total. The summed E-state index contributed by atoms with van der Waals surface area (Å²) >= 11 is 0. The minimum atomic E-state index is 0.587. The van der Waals surface area contributed by atoms with Crippen LogP contribution >= 0.6 is 0 Å². The first-order valence-electron chi connectivity index (χ1n) is 7.98. The quantitative estimate of drug-likeness (QED) is 0.412. The van der Waals surface area contributed by atoms with Crippen molar-refractivity contribution < 1.29 is 9.47 Å². The van der Waals surface area contributed by atoms with Crippen molar-refractivity contribution in [3.8, 4) is 11.5 Å². The Balaban J connectivity index is 2.62. The van der Waals surface area contributed by atoms with Gasteiger partial charge in [-0.2, -0.15) is 0 Å². The van der Waals surface area contributed by atoms with Crippen LogP contribution in [0.1, 0.15) is 18.9 Å². The van der Waals surface area contributed by atoms with E-state index in [1.165, 1.54) is 0 Å². The van der Waals surface area contributed by atoms with Gasteiger partial charge in [0.15, 0.2) is 17.5 Å². The molecule has 0 saturated heterocycles. The van der Waals surface area contributed by atoms with Gasteiger partial charge in [-0.3, -0.25) is 0 Å². The lowest BCUT2D eigenvalue weighted by molar-refractivity contribution is 0.354. The lowest BCUT2D eigenvalue weighted by atomic mass is 10.2. The van der Waals surface area contributed by atoms with Gasteiger partial charge < -0.3 is 25.0 Å². The molecule has 0 aliphatic heterocycles. The Hall–Kier alpha value is -1.95. The SMILES string of the molecule is CCNC(=NCc1ccc(OC)c(OC)c1)NCCCN(C)C. The van der Waals surface area contributed by atoms with Crippen molar-refractivity contribution in [3.63, 3.8) is 0 Å². The highest BCUT2D eigenvalue weighted by molar-refractivity contribution is 5.79. The van der Waals surface area contributed by atoms with Crippen LogP contribution < -0.4 is 20.1 Å². The van der Waals surface area contributed by atoms with E-state index < -0.39 is 0 Å². The van der Waals surface area contributed by atoms with E-state index in [9.17, 15) is 0 Å². The van der Waals surface area contributed by atoms with Gasteiger partial charge in [-0.25, -0.2) is 4.99 Å². The second-order valence-electron chi connectivity index (χ2n) is 5.47. The first-order valence-corrected chi connectivity index (χ1v) is 7.98. The molecule has 130 valence electrons. The highest BCUT2D eigenvalue weighted by atomic mass is 16.5. The average Bonchev–Trinajstić information content (AvgIpc) is 2.55. The zero-order chi connectivity index (χ0) is 17.1. The molecule has 0 unspecified atom stereocenters. The standard InChI is InChI=1S/C17H30N4O2/c1-6-18-17(19-10-7-11-21(2)3)20-13-14-8-9-15(22-4)16(12-14)23-5/h8-9,12H,6-7,10-11,13H2,1-5H3,(H2,18,19,20). The number of hydrogen-bond donors (Lipinski definition) is 2. The monoisotopic (exact) mass is 322 g/mol. The summed E-state index contributed by atoms with van der Waals surface area (Å²) in [7, 11) is 7.44. The molecule has 23 heavy (non-hydrogen) atoms. The van der Waals surface area contributed by atoms with Gasteiger partial charge in [0.05, 0.1) is 20.8 Å². The summed E-state index contributed by atoms with van der Waals surface area (Å²) in [5, 5.41) is 6.62. The predicted octanol–water partition coefficient (Wildman–Crippen LogP) is 1.71. The maximum Gasteiger partial charge on any atom is 0.191 e. The fraction of sp³-hybridized carbons (Fsp3) is 0.588. The van der Waals surface area contributed by atoms with Crippen LogP contribution in [0.3, 0.4) is 0 Å². The first kappa shape index (κ1) is 19.1. The fourth-order valence-electron chi connectivity index (χ4n) is 2.09. The van der Waals surface area contributed by atoms with Crippen molar-refractivity contribution in [2.45, 2.75) is 19.9 Å². The van der Waals surface area contributed by atoms with E-state index in [0.29, 0.717) is 6.54 Å². The van der Waals surface area contributed by atoms with E-state index >= 15 is 0 Å². The Kier molecular flexibility index (Phi) is 8.90. The maximum absolute atomic E-state index is 5.32. The number of guanidine groups is 1. The molecule has 0 aromatic heterocycles. The van der Waals surface area contributed by atoms with Gasteiger partial charge in [-0.1, -0.05) is 6.07 Å². The molecule has 0 spiro atoms. The number of benzene rings is 1. The molecular weight excluding hydrogens is 292 g/mol. The van der Waals surface area contributed by atoms with Crippen LogP contribution in [0, 0.1) is 0 Å². The number of nitrogens with zero attached hydrogens (tertiary/aromatic N) is 2. The van der Waals surface area contributed by atoms with Gasteiger partial charge in [0, 0.05) is 13.1 Å². The third kappa shape index (κ3) is 7.23. The molecule has 0 bridgehead atoms. The van der Waals surface area contributed by atoms with Crippen molar-refractivity contribution in [2.24, 2.45) is 4.99 Å². The van der Waals surface area contributed by atoms with Crippen molar-refractivity contribution in [3.05, 3.63) is 23.8 Å². The number of methoxy groups -OCH3 is 2. The predicted molar refractivity (Wildman–Crippen MR) is 95.5 cm³/mol. The molecule has 0 saturated carbocycles. The molecule has 1 aromatic rings. The minimum absolute atomic E-state index is 0.587. The zero-order valence-electron chi connectivity index (χ0n) is 15.0. The molecule has 0 fully saturated rings. The van der Waals surface area contributed by atoms with Crippen LogP contribution in [-0.2, 0) is 6.54 Å². The largest absolute Gasteiger partial charge is 0.493 e. The Morgan fingerprint density at radius 3 is 2.48 bits per heavy atom. The third-order valence-corrected chi connectivity index (χ3v) is 3.29. The van der Waals surface area contributed by atoms with Crippen LogP contribution in [0.5, 0.6) is 11.5 Å². The summed E-state index contributed by atoms with van der Waals surface area (Å²) < 4.78 is 10.6. The van der Waals surface area contributed by atoms with Crippen molar-refractivity contribution in [1.82, 2.24) is 15.5 Å². The first-order chi connectivity index (χ1) is 11.1. The van der Waals surface area contributed by atoms with Crippen molar-refractivity contribution in [2.75, 3.05) is 47.9 Å². The molecular formula is C17H30N4O2. The second-order valence-corrected chi connectivity index (χ2v) is 5.47. The molecule has 1 aromatic carbocycles. The van der Waals surface area contributed by atoms with E-state index in [-0.39, 0.29) is 0 Å². The summed E-state index contributed by atoms with van der Waals surface area (Å²) in [4.78, 5) is 6.79. The summed E-state index contributed by atoms with van der Waals surface area (Å²) in [6.45, 7) is 5.44. The highest BCUT2D eigenvalue weighted by Gasteiger charge is 2.04. The zero-order valence-corrected chi connectivity index (χ0v) is 15.0. The fourth-order valence-corrected chi connectivity index (χ4v) is 2.09. The van der Waals surface area contributed by atoms with E-state index in [1.807, 2.05) is 18.2 Å². The van der Waals surface area contributed by atoms with Crippen LogP contribution in [0.15, 0.2) is 23.2 Å². The van der Waals surface area contributed by atoms with Gasteiger partial charge in [0.2, 0.25) is 0 Å². The summed E-state index contributed by atoms with van der Waals surface area (Å²) in [5.74, 6) is 2.29. The normalized spacial score (nSPS) is 11.5. The Labute approximate surface area is 139 Å². The third-order valence-electron chi connectivity index (χ3n) is 3.29. The van der Waals surface area contributed by atoms with Gasteiger partial charge in [0.1, 0.15) is 0 Å². The maximum atomic E-state index is 5.32. The van der Waals surface area contributed by atoms with E-state index in [4.69, 9.17) is 9.47 Å². The van der Waals surface area contributed by atoms with Crippen LogP contribution in [0.4, 0.5) is 0 Å². The van der Waals surface area contributed by atoms with Crippen LogP contribution in [-0.4, -0.2) is 58.8 Å². The molecule has 0 aliphatic rings. The van der Waals surface area contributed by atoms with Crippen LogP contribution in [0.2, 0.25) is 0 Å². The summed E-state index contributed by atoms with van der Waals surface area (Å²) in [6, 6.07) is 5.86. The lowest BCUT2D eigenvalue weighted by Gasteiger charge is -2.13. The average molecular weight is 322 g/mol. The van der Waals surface area contributed by atoms with E-state index in [1.54, 1.807) is 14.2 Å².